The molecule has 4 aliphatic heterocycles. The van der Waals surface area contributed by atoms with Crippen LogP contribution in [-0.2, 0) is 33.2 Å². The van der Waals surface area contributed by atoms with Gasteiger partial charge in [0.25, 0.3) is 0 Å². The standard InChI is InChI=1S/C18H30N2O5S.C18H28N2O5S/c2*1-7-9-23-14-11(3)12(10-21)24-15-13(14)19-16(26-15)20(8-2)17(22)25-18(4,5)6/h7,11-15,21H,1,8-10H2,2-6H3;7,10-15H,1,8-9H2,2-6H3/t2*11-,12-,13-,14+,15-/m11/s1. The topological polar surface area (TPSA) is 158 Å². The predicted octanol–water partition coefficient (Wildman–Crippen LogP) is 5.49. The van der Waals surface area contributed by atoms with Gasteiger partial charge in [-0.25, -0.2) is 9.59 Å². The molecule has 1 N–H and O–H groups in total. The number of hydrogen-bond donors (Lipinski definition) is 1. The molecule has 4 aliphatic rings. The average molecular weight is 771 g/mol. The van der Waals surface area contributed by atoms with Gasteiger partial charge in [-0.2, -0.15) is 0 Å². The Labute approximate surface area is 317 Å². The number of aliphatic hydroxyl groups excluding tert-OH is 1. The first-order valence-corrected chi connectivity index (χ1v) is 19.5. The van der Waals surface area contributed by atoms with Gasteiger partial charge in [-0.3, -0.25) is 19.8 Å². The molecule has 2 amide bonds. The fourth-order valence-corrected chi connectivity index (χ4v) is 8.40. The van der Waals surface area contributed by atoms with Gasteiger partial charge in [-0.15, -0.1) is 13.2 Å². The van der Waals surface area contributed by atoms with E-state index in [0.29, 0.717) is 36.6 Å². The van der Waals surface area contributed by atoms with Crippen molar-refractivity contribution < 1.29 is 47.9 Å². The van der Waals surface area contributed by atoms with Crippen molar-refractivity contribution in [3.05, 3.63) is 25.3 Å². The minimum atomic E-state index is -0.593. The monoisotopic (exact) mass is 770 g/mol. The SMILES string of the molecule is C=CCO[C@H]1[C@H](C)[C@@H](C=O)O[C@@H]2SC(N(CC)C(=O)OC(C)(C)C)=N[C@H]12.C=CCO[C@H]1[C@H](C)[C@@H](CO)O[C@@H]2SC(N(CC)C(=O)OC(C)(C)C)=N[C@H]12. The Morgan fingerprint density at radius 3 is 1.60 bits per heavy atom. The molecule has 4 rings (SSSR count). The molecule has 0 aromatic rings. The fourth-order valence-electron chi connectivity index (χ4n) is 5.86. The maximum Gasteiger partial charge on any atom is 0.416 e. The van der Waals surface area contributed by atoms with Gasteiger partial charge in [-0.05, 0) is 55.4 Å². The lowest BCUT2D eigenvalue weighted by Gasteiger charge is -2.40. The molecular weight excluding hydrogens is 713 g/mol. The van der Waals surface area contributed by atoms with Gasteiger partial charge in [0, 0.05) is 24.9 Å². The van der Waals surface area contributed by atoms with Gasteiger partial charge in [0.2, 0.25) is 0 Å². The van der Waals surface area contributed by atoms with Crippen molar-refractivity contribution in [2.75, 3.05) is 32.9 Å². The van der Waals surface area contributed by atoms with Crippen molar-refractivity contribution >= 4 is 52.3 Å². The molecule has 0 spiro atoms. The summed E-state index contributed by atoms with van der Waals surface area (Å²) in [5.74, 6) is -0.171. The summed E-state index contributed by atoms with van der Waals surface area (Å²) in [6.07, 6.45) is 1.88. The number of carbonyl (C=O) groups is 3. The molecule has 0 unspecified atom stereocenters. The number of hydrogen-bond acceptors (Lipinski definition) is 14. The predicted molar refractivity (Wildman–Crippen MR) is 204 cm³/mol. The molecule has 0 aliphatic carbocycles. The maximum absolute atomic E-state index is 12.5. The second-order valence-corrected chi connectivity index (χ2v) is 16.8. The van der Waals surface area contributed by atoms with Gasteiger partial charge >= 0.3 is 12.2 Å². The van der Waals surface area contributed by atoms with Crippen LogP contribution in [0.3, 0.4) is 0 Å². The van der Waals surface area contributed by atoms with Crippen LogP contribution in [0.4, 0.5) is 9.59 Å². The highest BCUT2D eigenvalue weighted by atomic mass is 32.2. The minimum Gasteiger partial charge on any atom is -0.443 e. The number of ether oxygens (including phenoxy) is 6. The Kier molecular flexibility index (Phi) is 16.2. The van der Waals surface area contributed by atoms with E-state index in [1.54, 1.807) is 12.2 Å². The zero-order chi connectivity index (χ0) is 39.0. The summed E-state index contributed by atoms with van der Waals surface area (Å²) in [5.41, 5.74) is -1.85. The number of carbonyl (C=O) groups excluding carboxylic acids is 3. The molecule has 4 heterocycles. The molecule has 0 radical (unpaired) electrons. The number of nitrogens with zero attached hydrogens (tertiary/aromatic N) is 4. The van der Waals surface area contributed by atoms with Crippen LogP contribution in [0.1, 0.15) is 69.2 Å². The molecule has 52 heavy (non-hydrogen) atoms. The highest BCUT2D eigenvalue weighted by molar-refractivity contribution is 8.14. The molecular formula is C36H58N4O10S2. The van der Waals surface area contributed by atoms with Gasteiger partial charge in [0.15, 0.2) is 10.3 Å². The summed E-state index contributed by atoms with van der Waals surface area (Å²) >= 11 is 2.70. The molecule has 16 heteroatoms. The van der Waals surface area contributed by atoms with Gasteiger partial charge in [-0.1, -0.05) is 49.5 Å². The summed E-state index contributed by atoms with van der Waals surface area (Å²) in [6, 6.07) is -0.540. The van der Waals surface area contributed by atoms with E-state index in [4.69, 9.17) is 38.4 Å². The normalized spacial score (nSPS) is 31.1. The van der Waals surface area contributed by atoms with Gasteiger partial charge in [0.1, 0.15) is 46.5 Å². The molecule has 14 nitrogen and oxygen atoms in total. The van der Waals surface area contributed by atoms with Crippen molar-refractivity contribution in [1.29, 1.82) is 0 Å². The van der Waals surface area contributed by atoms with Crippen molar-refractivity contribution in [3.8, 4) is 0 Å². The van der Waals surface area contributed by atoms with Crippen LogP contribution in [0.15, 0.2) is 35.3 Å². The minimum absolute atomic E-state index is 0.0264. The van der Waals surface area contributed by atoms with Gasteiger partial charge < -0.3 is 38.3 Å². The Hall–Kier alpha value is -2.47. The van der Waals surface area contributed by atoms with Crippen LogP contribution in [0.5, 0.6) is 0 Å². The van der Waals surface area contributed by atoms with E-state index in [0.717, 1.165) is 6.29 Å². The fraction of sp³-hybridized carbons (Fsp3) is 0.750. The largest absolute Gasteiger partial charge is 0.443 e. The second kappa shape index (κ2) is 19.2. The van der Waals surface area contributed by atoms with Crippen LogP contribution >= 0.6 is 23.5 Å². The van der Waals surface area contributed by atoms with E-state index in [1.165, 1.54) is 33.3 Å². The third-order valence-electron chi connectivity index (χ3n) is 8.38. The van der Waals surface area contributed by atoms with E-state index < -0.39 is 29.5 Å². The summed E-state index contributed by atoms with van der Waals surface area (Å²) in [5, 5.41) is 10.7. The van der Waals surface area contributed by atoms with E-state index in [9.17, 15) is 19.5 Å². The number of amides is 2. The van der Waals surface area contributed by atoms with Crippen molar-refractivity contribution in [2.24, 2.45) is 21.8 Å². The Morgan fingerprint density at radius 1 is 0.808 bits per heavy atom. The first kappa shape index (κ1) is 43.9. The lowest BCUT2D eigenvalue weighted by Crippen LogP contribution is -2.52. The average Bonchev–Trinajstić information content (AvgIpc) is 3.67. The summed E-state index contributed by atoms with van der Waals surface area (Å²) in [4.78, 5) is 48.8. The summed E-state index contributed by atoms with van der Waals surface area (Å²) in [6.45, 7) is 27.5. The van der Waals surface area contributed by atoms with Crippen molar-refractivity contribution in [3.63, 3.8) is 0 Å². The van der Waals surface area contributed by atoms with Gasteiger partial charge in [0.05, 0.1) is 38.1 Å². The number of aldehydes is 1. The van der Waals surface area contributed by atoms with Crippen LogP contribution in [-0.4, -0.2) is 135 Å². The van der Waals surface area contributed by atoms with Crippen LogP contribution < -0.4 is 0 Å². The first-order chi connectivity index (χ1) is 24.4. The van der Waals surface area contributed by atoms with Crippen LogP contribution in [0.25, 0.3) is 0 Å². The summed E-state index contributed by atoms with van der Waals surface area (Å²) in [7, 11) is 0. The molecule has 0 saturated carbocycles. The first-order valence-electron chi connectivity index (χ1n) is 17.7. The number of fused-ring (bicyclic) bond motifs is 2. The lowest BCUT2D eigenvalue weighted by molar-refractivity contribution is -0.146. The highest BCUT2D eigenvalue weighted by Gasteiger charge is 2.51. The Balaban J connectivity index is 0.000000280. The zero-order valence-corrected chi connectivity index (χ0v) is 33.8. The Bertz CT molecular complexity index is 1320. The second-order valence-electron chi connectivity index (χ2n) is 14.7. The third kappa shape index (κ3) is 11.3. The highest BCUT2D eigenvalue weighted by Crippen LogP contribution is 2.42. The van der Waals surface area contributed by atoms with E-state index in [1.807, 2.05) is 69.2 Å². The number of rotatable bonds is 10. The quantitative estimate of drug-likeness (QED) is 0.221. The van der Waals surface area contributed by atoms with E-state index in [2.05, 4.69) is 13.2 Å². The molecule has 2 saturated heterocycles. The van der Waals surface area contributed by atoms with Crippen molar-refractivity contribution in [1.82, 2.24) is 9.80 Å². The molecule has 294 valence electrons. The number of amidine groups is 2. The van der Waals surface area contributed by atoms with E-state index in [-0.39, 0.29) is 59.7 Å². The molecule has 2 fully saturated rings. The van der Waals surface area contributed by atoms with Crippen LogP contribution in [0, 0.1) is 11.8 Å². The summed E-state index contributed by atoms with van der Waals surface area (Å²) < 4.78 is 34.6. The molecule has 0 aromatic carbocycles. The number of thioether (sulfide) groups is 2. The molecule has 0 aromatic heterocycles. The smallest absolute Gasteiger partial charge is 0.416 e. The number of aliphatic hydroxyl groups is 1. The Morgan fingerprint density at radius 2 is 1.23 bits per heavy atom. The van der Waals surface area contributed by atoms with E-state index >= 15 is 0 Å². The van der Waals surface area contributed by atoms with Crippen molar-refractivity contribution in [2.45, 2.75) is 128 Å². The number of aliphatic imine (C=N–C) groups is 2. The maximum atomic E-state index is 12.5. The lowest BCUT2D eigenvalue weighted by atomic mass is 9.90. The van der Waals surface area contributed by atoms with Crippen LogP contribution in [0.2, 0.25) is 0 Å². The molecule has 10 atom stereocenters. The zero-order valence-electron chi connectivity index (χ0n) is 32.2. The molecule has 0 bridgehead atoms. The third-order valence-corrected chi connectivity index (χ3v) is 10.7.